The molecule has 1 heterocycles. The highest BCUT2D eigenvalue weighted by atomic mass is 16.5. The molecule has 0 unspecified atom stereocenters. The van der Waals surface area contributed by atoms with Crippen LogP contribution in [0.15, 0.2) is 41.2 Å². The Labute approximate surface area is 118 Å². The quantitative estimate of drug-likeness (QED) is 0.879. The third-order valence-electron chi connectivity index (χ3n) is 2.90. The summed E-state index contributed by atoms with van der Waals surface area (Å²) in [6, 6.07) is 11.5. The summed E-state index contributed by atoms with van der Waals surface area (Å²) in [5, 5.41) is 2.98. The molecule has 0 spiro atoms. The van der Waals surface area contributed by atoms with Gasteiger partial charge in [-0.1, -0.05) is 18.2 Å². The Balaban J connectivity index is 2.41. The molecule has 1 aromatic heterocycles. The number of rotatable bonds is 5. The highest BCUT2D eigenvalue weighted by Gasteiger charge is 2.09. The number of hydrogen-bond donors (Lipinski definition) is 2. The van der Waals surface area contributed by atoms with Crippen molar-refractivity contribution in [1.82, 2.24) is 10.3 Å². The zero-order valence-corrected chi connectivity index (χ0v) is 12.1. The summed E-state index contributed by atoms with van der Waals surface area (Å²) < 4.78 is 5.78. The Hall–Kier alpha value is -2.07. The molecule has 0 fully saturated rings. The standard InChI is InChI=1S/C16H20N2O2/c1-11(2)20-15-7-5-4-6-13(15)14-9-8-12(10-17-3)16(19)18-14/h4-9,11,17H,10H2,1-3H3,(H,18,19). The van der Waals surface area contributed by atoms with E-state index in [0.29, 0.717) is 6.54 Å². The van der Waals surface area contributed by atoms with Crippen molar-refractivity contribution in [2.24, 2.45) is 0 Å². The lowest BCUT2D eigenvalue weighted by Crippen LogP contribution is -2.18. The van der Waals surface area contributed by atoms with Crippen LogP contribution >= 0.6 is 0 Å². The first-order chi connectivity index (χ1) is 9.61. The zero-order valence-electron chi connectivity index (χ0n) is 12.1. The average molecular weight is 272 g/mol. The number of ether oxygens (including phenoxy) is 1. The number of aromatic amines is 1. The Morgan fingerprint density at radius 1 is 1.20 bits per heavy atom. The van der Waals surface area contributed by atoms with Gasteiger partial charge in [-0.25, -0.2) is 0 Å². The molecule has 0 atom stereocenters. The Kier molecular flexibility index (Phi) is 4.58. The number of benzene rings is 1. The molecule has 0 aliphatic rings. The molecule has 0 amide bonds. The van der Waals surface area contributed by atoms with Gasteiger partial charge in [-0.2, -0.15) is 0 Å². The van der Waals surface area contributed by atoms with E-state index >= 15 is 0 Å². The van der Waals surface area contributed by atoms with Crippen molar-refractivity contribution in [3.63, 3.8) is 0 Å². The number of H-pyrrole nitrogens is 1. The number of aromatic nitrogens is 1. The van der Waals surface area contributed by atoms with Crippen molar-refractivity contribution >= 4 is 0 Å². The SMILES string of the molecule is CNCc1ccc(-c2ccccc2OC(C)C)[nH]c1=O. The fourth-order valence-electron chi connectivity index (χ4n) is 2.04. The lowest BCUT2D eigenvalue weighted by Gasteiger charge is -2.14. The van der Waals surface area contributed by atoms with Crippen LogP contribution < -0.4 is 15.6 Å². The van der Waals surface area contributed by atoms with Gasteiger partial charge in [0.25, 0.3) is 5.56 Å². The minimum atomic E-state index is -0.0730. The second-order valence-corrected chi connectivity index (χ2v) is 4.92. The Morgan fingerprint density at radius 2 is 1.95 bits per heavy atom. The van der Waals surface area contributed by atoms with Crippen molar-refractivity contribution in [2.45, 2.75) is 26.5 Å². The first kappa shape index (κ1) is 14.3. The van der Waals surface area contributed by atoms with Crippen LogP contribution in [-0.2, 0) is 6.54 Å². The maximum absolute atomic E-state index is 12.0. The number of para-hydroxylation sites is 1. The first-order valence-corrected chi connectivity index (χ1v) is 6.74. The fourth-order valence-corrected chi connectivity index (χ4v) is 2.04. The van der Waals surface area contributed by atoms with E-state index in [1.54, 1.807) is 0 Å². The summed E-state index contributed by atoms with van der Waals surface area (Å²) in [4.78, 5) is 14.9. The monoisotopic (exact) mass is 272 g/mol. The van der Waals surface area contributed by atoms with Gasteiger partial charge in [-0.05, 0) is 39.1 Å². The van der Waals surface area contributed by atoms with Gasteiger partial charge in [-0.3, -0.25) is 4.79 Å². The van der Waals surface area contributed by atoms with E-state index < -0.39 is 0 Å². The van der Waals surface area contributed by atoms with Gasteiger partial charge in [0.2, 0.25) is 0 Å². The summed E-state index contributed by atoms with van der Waals surface area (Å²) in [6.45, 7) is 4.52. The molecule has 0 bridgehead atoms. The fraction of sp³-hybridized carbons (Fsp3) is 0.312. The van der Waals surface area contributed by atoms with Crippen LogP contribution in [0.5, 0.6) is 5.75 Å². The minimum Gasteiger partial charge on any atom is -0.490 e. The van der Waals surface area contributed by atoms with Crippen molar-refractivity contribution in [3.05, 3.63) is 52.3 Å². The minimum absolute atomic E-state index is 0.0730. The van der Waals surface area contributed by atoms with E-state index in [1.165, 1.54) is 0 Å². The van der Waals surface area contributed by atoms with E-state index in [1.807, 2.05) is 57.3 Å². The van der Waals surface area contributed by atoms with Gasteiger partial charge in [0, 0.05) is 17.7 Å². The molecule has 4 nitrogen and oxygen atoms in total. The van der Waals surface area contributed by atoms with Crippen molar-refractivity contribution < 1.29 is 4.74 Å². The second kappa shape index (κ2) is 6.39. The van der Waals surface area contributed by atoms with Crippen LogP contribution in [0.4, 0.5) is 0 Å². The van der Waals surface area contributed by atoms with Gasteiger partial charge in [-0.15, -0.1) is 0 Å². The topological polar surface area (TPSA) is 54.1 Å². The van der Waals surface area contributed by atoms with Gasteiger partial charge in [0.05, 0.1) is 11.8 Å². The lowest BCUT2D eigenvalue weighted by molar-refractivity contribution is 0.243. The highest BCUT2D eigenvalue weighted by Crippen LogP contribution is 2.28. The van der Waals surface area contributed by atoms with Crippen LogP contribution in [0.25, 0.3) is 11.3 Å². The largest absolute Gasteiger partial charge is 0.490 e. The molecule has 1 aromatic carbocycles. The van der Waals surface area contributed by atoms with Gasteiger partial charge in [0.1, 0.15) is 5.75 Å². The van der Waals surface area contributed by atoms with Crippen LogP contribution in [0.1, 0.15) is 19.4 Å². The molecule has 20 heavy (non-hydrogen) atoms. The van der Waals surface area contributed by atoms with Crippen molar-refractivity contribution in [3.8, 4) is 17.0 Å². The maximum atomic E-state index is 12.0. The van der Waals surface area contributed by atoms with Gasteiger partial charge >= 0.3 is 0 Å². The predicted octanol–water partition coefficient (Wildman–Crippen LogP) is 2.55. The molecule has 106 valence electrons. The molecule has 0 saturated heterocycles. The van der Waals surface area contributed by atoms with E-state index in [0.717, 1.165) is 22.6 Å². The van der Waals surface area contributed by atoms with Crippen LogP contribution in [-0.4, -0.2) is 18.1 Å². The Bertz CT molecular complexity index is 632. The van der Waals surface area contributed by atoms with Crippen LogP contribution in [0, 0.1) is 0 Å². The molecular weight excluding hydrogens is 252 g/mol. The van der Waals surface area contributed by atoms with E-state index in [-0.39, 0.29) is 11.7 Å². The van der Waals surface area contributed by atoms with Crippen molar-refractivity contribution in [1.29, 1.82) is 0 Å². The smallest absolute Gasteiger partial charge is 0.252 e. The Morgan fingerprint density at radius 3 is 2.60 bits per heavy atom. The van der Waals surface area contributed by atoms with E-state index in [4.69, 9.17) is 4.74 Å². The average Bonchev–Trinajstić information content (AvgIpc) is 2.41. The van der Waals surface area contributed by atoms with Crippen LogP contribution in [0.2, 0.25) is 0 Å². The number of pyridine rings is 1. The normalized spacial score (nSPS) is 10.8. The number of hydrogen-bond acceptors (Lipinski definition) is 3. The highest BCUT2D eigenvalue weighted by molar-refractivity contribution is 5.67. The molecular formula is C16H20N2O2. The molecule has 0 radical (unpaired) electrons. The molecule has 0 saturated carbocycles. The molecule has 2 N–H and O–H groups in total. The molecule has 2 aromatic rings. The van der Waals surface area contributed by atoms with Gasteiger partial charge in [0.15, 0.2) is 0 Å². The third kappa shape index (κ3) is 3.27. The number of nitrogens with one attached hydrogen (secondary N) is 2. The van der Waals surface area contributed by atoms with E-state index in [2.05, 4.69) is 10.3 Å². The van der Waals surface area contributed by atoms with Crippen LogP contribution in [0.3, 0.4) is 0 Å². The second-order valence-electron chi connectivity index (χ2n) is 4.92. The zero-order chi connectivity index (χ0) is 14.5. The lowest BCUT2D eigenvalue weighted by atomic mass is 10.1. The maximum Gasteiger partial charge on any atom is 0.252 e. The summed E-state index contributed by atoms with van der Waals surface area (Å²) in [7, 11) is 1.82. The molecule has 0 aliphatic heterocycles. The van der Waals surface area contributed by atoms with Gasteiger partial charge < -0.3 is 15.0 Å². The molecule has 0 aliphatic carbocycles. The summed E-state index contributed by atoms with van der Waals surface area (Å²) >= 11 is 0. The molecule has 4 heteroatoms. The molecule has 2 rings (SSSR count). The van der Waals surface area contributed by atoms with Crippen molar-refractivity contribution in [2.75, 3.05) is 7.05 Å². The summed E-state index contributed by atoms with van der Waals surface area (Å²) in [5.74, 6) is 0.777. The summed E-state index contributed by atoms with van der Waals surface area (Å²) in [5.41, 5.74) is 2.31. The predicted molar refractivity (Wildman–Crippen MR) is 81.0 cm³/mol. The summed E-state index contributed by atoms with van der Waals surface area (Å²) in [6.07, 6.45) is 0.0893. The van der Waals surface area contributed by atoms with E-state index in [9.17, 15) is 4.79 Å². The first-order valence-electron chi connectivity index (χ1n) is 6.74. The third-order valence-corrected chi connectivity index (χ3v) is 2.90.